The third-order valence-electron chi connectivity index (χ3n) is 5.13. The minimum absolute atomic E-state index is 0.0725. The predicted molar refractivity (Wildman–Crippen MR) is 120 cm³/mol. The number of methoxy groups -OCH3 is 1. The van der Waals surface area contributed by atoms with E-state index in [1.54, 1.807) is 22.8 Å². The van der Waals surface area contributed by atoms with Crippen LogP contribution >= 0.6 is 0 Å². The van der Waals surface area contributed by atoms with Gasteiger partial charge >= 0.3 is 0 Å². The van der Waals surface area contributed by atoms with Crippen LogP contribution in [0, 0.1) is 20.8 Å². The summed E-state index contributed by atoms with van der Waals surface area (Å²) in [5.41, 5.74) is 5.95. The summed E-state index contributed by atoms with van der Waals surface area (Å²) in [6.45, 7) is 6.05. The van der Waals surface area contributed by atoms with Crippen LogP contribution in [-0.4, -0.2) is 30.1 Å². The molecule has 0 saturated carbocycles. The summed E-state index contributed by atoms with van der Waals surface area (Å²) < 4.78 is 36.0. The van der Waals surface area contributed by atoms with Crippen molar-refractivity contribution in [2.45, 2.75) is 32.2 Å². The van der Waals surface area contributed by atoms with Gasteiger partial charge in [0, 0.05) is 23.5 Å². The molecule has 0 atom stereocenters. The molecule has 0 radical (unpaired) electrons. The van der Waals surface area contributed by atoms with Crippen molar-refractivity contribution < 1.29 is 13.2 Å². The zero-order chi connectivity index (χ0) is 22.2. The third kappa shape index (κ3) is 4.17. The van der Waals surface area contributed by atoms with E-state index in [1.807, 2.05) is 57.2 Å². The minimum atomic E-state index is -3.82. The lowest BCUT2D eigenvalue weighted by Gasteiger charge is -2.12. The second kappa shape index (κ2) is 8.13. The van der Waals surface area contributed by atoms with Crippen molar-refractivity contribution in [1.82, 2.24) is 19.3 Å². The molecule has 0 spiro atoms. The molecular formula is C23H24N4O3S. The van der Waals surface area contributed by atoms with Crippen LogP contribution < -0.4 is 9.46 Å². The minimum Gasteiger partial charge on any atom is -0.495 e. The Labute approximate surface area is 181 Å². The van der Waals surface area contributed by atoms with Crippen LogP contribution in [0.25, 0.3) is 16.8 Å². The Morgan fingerprint density at radius 3 is 2.48 bits per heavy atom. The molecule has 0 unspecified atom stereocenters. The zero-order valence-corrected chi connectivity index (χ0v) is 18.7. The van der Waals surface area contributed by atoms with Crippen LogP contribution in [0.15, 0.2) is 59.6 Å². The Balaban J connectivity index is 1.73. The molecule has 8 heteroatoms. The molecule has 1 N–H and O–H groups in total. The summed E-state index contributed by atoms with van der Waals surface area (Å²) >= 11 is 0. The van der Waals surface area contributed by atoms with Gasteiger partial charge in [-0.25, -0.2) is 22.6 Å². The van der Waals surface area contributed by atoms with Crippen molar-refractivity contribution in [3.63, 3.8) is 0 Å². The fourth-order valence-corrected chi connectivity index (χ4v) is 4.70. The van der Waals surface area contributed by atoms with Crippen LogP contribution in [0.2, 0.25) is 0 Å². The van der Waals surface area contributed by atoms with Gasteiger partial charge in [0.15, 0.2) is 5.65 Å². The summed E-state index contributed by atoms with van der Waals surface area (Å²) in [6.07, 6.45) is 1.70. The molecule has 160 valence electrons. The normalized spacial score (nSPS) is 11.7. The Morgan fingerprint density at radius 2 is 1.77 bits per heavy atom. The number of hydrogen-bond acceptors (Lipinski definition) is 5. The maximum Gasteiger partial charge on any atom is 0.244 e. The van der Waals surface area contributed by atoms with Crippen molar-refractivity contribution in [1.29, 1.82) is 0 Å². The average molecular weight is 437 g/mol. The van der Waals surface area contributed by atoms with Crippen molar-refractivity contribution in [3.8, 4) is 16.9 Å². The first-order chi connectivity index (χ1) is 14.8. The largest absolute Gasteiger partial charge is 0.495 e. The van der Waals surface area contributed by atoms with E-state index in [-0.39, 0.29) is 17.2 Å². The second-order valence-electron chi connectivity index (χ2n) is 7.51. The van der Waals surface area contributed by atoms with Gasteiger partial charge in [0.25, 0.3) is 0 Å². The average Bonchev–Trinajstić information content (AvgIpc) is 3.17. The number of aromatic nitrogens is 3. The number of nitrogens with zero attached hydrogens (tertiary/aromatic N) is 3. The van der Waals surface area contributed by atoms with Crippen molar-refractivity contribution in [2.75, 3.05) is 7.11 Å². The van der Waals surface area contributed by atoms with Gasteiger partial charge in [-0.3, -0.25) is 0 Å². The quantitative estimate of drug-likeness (QED) is 0.497. The second-order valence-corrected chi connectivity index (χ2v) is 9.24. The van der Waals surface area contributed by atoms with Crippen LogP contribution in [0.4, 0.5) is 0 Å². The summed E-state index contributed by atoms with van der Waals surface area (Å²) in [4.78, 5) is 4.67. The van der Waals surface area contributed by atoms with Gasteiger partial charge in [0.1, 0.15) is 10.6 Å². The number of nitrogens with one attached hydrogen (secondary N) is 1. The smallest absolute Gasteiger partial charge is 0.244 e. The summed E-state index contributed by atoms with van der Waals surface area (Å²) in [5, 5.41) is 4.41. The highest BCUT2D eigenvalue weighted by atomic mass is 32.2. The van der Waals surface area contributed by atoms with E-state index in [4.69, 9.17) is 4.74 Å². The third-order valence-corrected chi connectivity index (χ3v) is 6.55. The van der Waals surface area contributed by atoms with E-state index in [0.29, 0.717) is 11.2 Å². The van der Waals surface area contributed by atoms with Crippen molar-refractivity contribution in [3.05, 3.63) is 77.2 Å². The highest BCUT2D eigenvalue weighted by Crippen LogP contribution is 2.32. The first-order valence-corrected chi connectivity index (χ1v) is 11.3. The zero-order valence-electron chi connectivity index (χ0n) is 17.9. The monoisotopic (exact) mass is 436 g/mol. The summed E-state index contributed by atoms with van der Waals surface area (Å²) in [7, 11) is -2.36. The molecule has 2 aromatic carbocycles. The molecule has 0 aliphatic carbocycles. The summed E-state index contributed by atoms with van der Waals surface area (Å²) in [5.74, 6) is 0.275. The molecule has 0 aliphatic rings. The summed E-state index contributed by atoms with van der Waals surface area (Å²) in [6, 6.07) is 14.7. The lowest BCUT2D eigenvalue weighted by molar-refractivity contribution is 0.402. The molecule has 0 aliphatic heterocycles. The van der Waals surface area contributed by atoms with Gasteiger partial charge in [-0.15, -0.1) is 0 Å². The van der Waals surface area contributed by atoms with E-state index < -0.39 is 10.0 Å². The Morgan fingerprint density at radius 1 is 1.03 bits per heavy atom. The molecule has 2 heterocycles. The van der Waals surface area contributed by atoms with E-state index in [2.05, 4.69) is 14.8 Å². The number of rotatable bonds is 6. The first kappa shape index (κ1) is 21.0. The highest BCUT2D eigenvalue weighted by molar-refractivity contribution is 7.89. The van der Waals surface area contributed by atoms with Crippen LogP contribution in [-0.2, 0) is 16.6 Å². The van der Waals surface area contributed by atoms with Gasteiger partial charge < -0.3 is 4.74 Å². The van der Waals surface area contributed by atoms with Gasteiger partial charge in [-0.2, -0.15) is 5.10 Å². The fourth-order valence-electron chi connectivity index (χ4n) is 3.49. The van der Waals surface area contributed by atoms with Gasteiger partial charge in [0.05, 0.1) is 13.3 Å². The number of aryl methyl sites for hydroxylation is 3. The Kier molecular flexibility index (Phi) is 5.51. The Hall–Kier alpha value is -3.23. The number of sulfonamides is 1. The van der Waals surface area contributed by atoms with Crippen LogP contribution in [0.1, 0.15) is 22.5 Å². The van der Waals surface area contributed by atoms with Crippen molar-refractivity contribution >= 4 is 15.7 Å². The van der Waals surface area contributed by atoms with Crippen LogP contribution in [0.3, 0.4) is 0 Å². The molecule has 0 amide bonds. The molecule has 2 aromatic heterocycles. The molecule has 0 fully saturated rings. The molecule has 31 heavy (non-hydrogen) atoms. The molecule has 0 saturated heterocycles. The van der Waals surface area contributed by atoms with E-state index in [9.17, 15) is 8.42 Å². The predicted octanol–water partition coefficient (Wildman–Crippen LogP) is 3.81. The number of ether oxygens (including phenoxy) is 1. The number of benzene rings is 2. The highest BCUT2D eigenvalue weighted by Gasteiger charge is 2.21. The fraction of sp³-hybridized carbons (Fsp3) is 0.217. The van der Waals surface area contributed by atoms with Gasteiger partial charge in [-0.1, -0.05) is 35.9 Å². The van der Waals surface area contributed by atoms with Gasteiger partial charge in [0.2, 0.25) is 10.0 Å². The maximum absolute atomic E-state index is 13.1. The van der Waals surface area contributed by atoms with Crippen molar-refractivity contribution in [2.24, 2.45) is 0 Å². The molecular weight excluding hydrogens is 412 g/mol. The lowest BCUT2D eigenvalue weighted by Crippen LogP contribution is -2.23. The number of fused-ring (bicyclic) bond motifs is 1. The van der Waals surface area contributed by atoms with E-state index >= 15 is 0 Å². The topological polar surface area (TPSA) is 85.6 Å². The van der Waals surface area contributed by atoms with E-state index in [1.165, 1.54) is 7.11 Å². The lowest BCUT2D eigenvalue weighted by atomic mass is 10.1. The first-order valence-electron chi connectivity index (χ1n) is 9.84. The van der Waals surface area contributed by atoms with E-state index in [0.717, 1.165) is 28.1 Å². The maximum atomic E-state index is 13.1. The molecule has 7 nitrogen and oxygen atoms in total. The molecule has 4 aromatic rings. The Bertz CT molecular complexity index is 1360. The van der Waals surface area contributed by atoms with Gasteiger partial charge in [-0.05, 0) is 50.1 Å². The molecule has 4 rings (SSSR count). The standard InChI is InChI=1S/C23H24N4O3S/c1-15-5-7-18(8-6-15)13-25-31(28,29)22-12-19(9-10-21(22)30-4)20-14-24-27-17(3)11-16(2)26-23(20)27/h5-12,14,25H,13H2,1-4H3. The number of hydrogen-bond donors (Lipinski definition) is 1. The van der Waals surface area contributed by atoms with Crippen LogP contribution in [0.5, 0.6) is 5.75 Å². The molecule has 0 bridgehead atoms. The SMILES string of the molecule is COc1ccc(-c2cnn3c(C)cc(C)nc23)cc1S(=O)(=O)NCc1ccc(C)cc1.